The summed E-state index contributed by atoms with van der Waals surface area (Å²) in [6.45, 7) is 0. The van der Waals surface area contributed by atoms with Gasteiger partial charge in [0.05, 0.1) is 5.69 Å². The number of benzene rings is 1. The van der Waals surface area contributed by atoms with Crippen LogP contribution in [0.4, 0.5) is 20.2 Å². The first kappa shape index (κ1) is 12.8. The van der Waals surface area contributed by atoms with Crippen LogP contribution in [0.25, 0.3) is 0 Å². The van der Waals surface area contributed by atoms with E-state index in [0.717, 1.165) is 23.5 Å². The number of sulfonamides is 1. The molecule has 0 radical (unpaired) electrons. The molecule has 1 heterocycles. The maximum atomic E-state index is 12.9. The summed E-state index contributed by atoms with van der Waals surface area (Å²) in [5.41, 5.74) is 5.54. The lowest BCUT2D eigenvalue weighted by Gasteiger charge is -2.06. The summed E-state index contributed by atoms with van der Waals surface area (Å²) in [6.07, 6.45) is 0. The minimum Gasteiger partial charge on any atom is -0.398 e. The highest BCUT2D eigenvalue weighted by Crippen LogP contribution is 2.24. The fourth-order valence-corrected chi connectivity index (χ4v) is 3.41. The van der Waals surface area contributed by atoms with Crippen LogP contribution in [0.5, 0.6) is 0 Å². The third-order valence-corrected chi connectivity index (χ3v) is 4.81. The second kappa shape index (κ2) is 4.54. The van der Waals surface area contributed by atoms with E-state index < -0.39 is 21.7 Å². The first-order valence-corrected chi connectivity index (χ1v) is 7.06. The number of nitrogens with two attached hydrogens (primary N) is 1. The summed E-state index contributed by atoms with van der Waals surface area (Å²) in [6, 6.07) is 3.69. The molecule has 18 heavy (non-hydrogen) atoms. The number of halogens is 2. The van der Waals surface area contributed by atoms with Crippen molar-refractivity contribution >= 4 is 32.7 Å². The van der Waals surface area contributed by atoms with Crippen molar-refractivity contribution in [1.82, 2.24) is 0 Å². The van der Waals surface area contributed by atoms with Gasteiger partial charge in [0, 0.05) is 17.1 Å². The Balaban J connectivity index is 2.33. The van der Waals surface area contributed by atoms with Gasteiger partial charge in [0.1, 0.15) is 15.8 Å². The molecule has 4 nitrogen and oxygen atoms in total. The lowest BCUT2D eigenvalue weighted by atomic mass is 10.3. The number of hydrogen-bond donors (Lipinski definition) is 2. The van der Waals surface area contributed by atoms with E-state index in [4.69, 9.17) is 5.73 Å². The van der Waals surface area contributed by atoms with Crippen molar-refractivity contribution in [3.63, 3.8) is 0 Å². The molecule has 0 spiro atoms. The second-order valence-electron chi connectivity index (χ2n) is 3.46. The first-order chi connectivity index (χ1) is 8.37. The highest BCUT2D eigenvalue weighted by molar-refractivity contribution is 7.94. The number of hydrogen-bond acceptors (Lipinski definition) is 4. The summed E-state index contributed by atoms with van der Waals surface area (Å²) in [7, 11) is -3.87. The average Bonchev–Trinajstić information content (AvgIpc) is 2.62. The molecular weight excluding hydrogens is 282 g/mol. The van der Waals surface area contributed by atoms with E-state index in [1.807, 2.05) is 0 Å². The highest BCUT2D eigenvalue weighted by atomic mass is 32.2. The van der Waals surface area contributed by atoms with E-state index in [2.05, 4.69) is 4.72 Å². The van der Waals surface area contributed by atoms with Gasteiger partial charge in [-0.25, -0.2) is 17.2 Å². The summed E-state index contributed by atoms with van der Waals surface area (Å²) in [4.78, 5) is 0. The van der Waals surface area contributed by atoms with Crippen molar-refractivity contribution in [3.05, 3.63) is 41.3 Å². The Morgan fingerprint density at radius 1 is 1.11 bits per heavy atom. The molecule has 0 aliphatic carbocycles. The van der Waals surface area contributed by atoms with Gasteiger partial charge in [0.25, 0.3) is 10.0 Å². The normalized spacial score (nSPS) is 11.4. The van der Waals surface area contributed by atoms with Crippen molar-refractivity contribution in [3.8, 4) is 0 Å². The van der Waals surface area contributed by atoms with Crippen LogP contribution in [0.3, 0.4) is 0 Å². The molecule has 0 atom stereocenters. The minimum absolute atomic E-state index is 0.0235. The monoisotopic (exact) mass is 290 g/mol. The summed E-state index contributed by atoms with van der Waals surface area (Å²) in [5.74, 6) is -1.73. The molecule has 0 aliphatic rings. The molecule has 0 unspecified atom stereocenters. The molecule has 0 saturated heterocycles. The van der Waals surface area contributed by atoms with Crippen molar-refractivity contribution < 1.29 is 17.2 Å². The zero-order chi connectivity index (χ0) is 13.3. The number of anilines is 2. The van der Waals surface area contributed by atoms with Crippen LogP contribution in [0.2, 0.25) is 0 Å². The van der Waals surface area contributed by atoms with Gasteiger partial charge in [0.15, 0.2) is 0 Å². The van der Waals surface area contributed by atoms with Crippen molar-refractivity contribution in [2.45, 2.75) is 4.21 Å². The Kier molecular flexibility index (Phi) is 3.22. The molecule has 2 aromatic rings. The van der Waals surface area contributed by atoms with Gasteiger partial charge < -0.3 is 5.73 Å². The van der Waals surface area contributed by atoms with Crippen molar-refractivity contribution in [2.75, 3.05) is 10.5 Å². The Morgan fingerprint density at radius 2 is 1.72 bits per heavy atom. The van der Waals surface area contributed by atoms with Crippen LogP contribution in [0, 0.1) is 11.6 Å². The maximum Gasteiger partial charge on any atom is 0.271 e. The molecule has 3 N–H and O–H groups in total. The lowest BCUT2D eigenvalue weighted by molar-refractivity contribution is 0.584. The van der Waals surface area contributed by atoms with Gasteiger partial charge in [0.2, 0.25) is 0 Å². The quantitative estimate of drug-likeness (QED) is 0.911. The Bertz CT molecular complexity index is 663. The van der Waals surface area contributed by atoms with E-state index in [1.165, 1.54) is 11.4 Å². The molecule has 0 saturated carbocycles. The third-order valence-electron chi connectivity index (χ3n) is 1.98. The zero-order valence-electron chi connectivity index (χ0n) is 8.85. The SMILES string of the molecule is Nc1csc(S(=O)(=O)Nc2cc(F)cc(F)c2)c1. The zero-order valence-corrected chi connectivity index (χ0v) is 10.5. The summed E-state index contributed by atoms with van der Waals surface area (Å²) in [5, 5.41) is 1.46. The smallest absolute Gasteiger partial charge is 0.271 e. The molecule has 0 bridgehead atoms. The topological polar surface area (TPSA) is 72.2 Å². The second-order valence-corrected chi connectivity index (χ2v) is 6.28. The number of thiophene rings is 1. The molecule has 8 heteroatoms. The fraction of sp³-hybridized carbons (Fsp3) is 0. The van der Waals surface area contributed by atoms with Crippen LogP contribution in [0.15, 0.2) is 33.9 Å². The predicted octanol–water partition coefficient (Wildman–Crippen LogP) is 2.41. The van der Waals surface area contributed by atoms with E-state index in [0.29, 0.717) is 11.8 Å². The van der Waals surface area contributed by atoms with E-state index >= 15 is 0 Å². The van der Waals surface area contributed by atoms with E-state index in [9.17, 15) is 17.2 Å². The van der Waals surface area contributed by atoms with Gasteiger partial charge in [-0.2, -0.15) is 0 Å². The first-order valence-electron chi connectivity index (χ1n) is 4.70. The highest BCUT2D eigenvalue weighted by Gasteiger charge is 2.17. The largest absolute Gasteiger partial charge is 0.398 e. The Hall–Kier alpha value is -1.67. The number of nitrogen functional groups attached to an aromatic ring is 1. The summed E-state index contributed by atoms with van der Waals surface area (Å²) < 4.78 is 51.6. The van der Waals surface area contributed by atoms with Gasteiger partial charge >= 0.3 is 0 Å². The molecule has 1 aromatic heterocycles. The van der Waals surface area contributed by atoms with Gasteiger partial charge in [-0.15, -0.1) is 11.3 Å². The van der Waals surface area contributed by atoms with Crippen molar-refractivity contribution in [1.29, 1.82) is 0 Å². The molecule has 1 aromatic carbocycles. The average molecular weight is 290 g/mol. The molecule has 0 amide bonds. The molecule has 96 valence electrons. The Morgan fingerprint density at radius 3 is 2.22 bits per heavy atom. The standard InChI is InChI=1S/C10H8F2N2O2S2/c11-6-1-7(12)3-9(2-6)14-18(15,16)10-4-8(13)5-17-10/h1-5,14H,13H2. The fourth-order valence-electron chi connectivity index (χ4n) is 1.29. The van der Waals surface area contributed by atoms with Gasteiger partial charge in [-0.05, 0) is 18.2 Å². The lowest BCUT2D eigenvalue weighted by Crippen LogP contribution is -2.11. The summed E-state index contributed by atoms with van der Waals surface area (Å²) >= 11 is 0.921. The molecular formula is C10H8F2N2O2S2. The van der Waals surface area contributed by atoms with Gasteiger partial charge in [-0.1, -0.05) is 0 Å². The predicted molar refractivity (Wildman–Crippen MR) is 65.9 cm³/mol. The van der Waals surface area contributed by atoms with Crippen LogP contribution in [0.1, 0.15) is 0 Å². The number of rotatable bonds is 3. The van der Waals surface area contributed by atoms with Crippen LogP contribution in [-0.2, 0) is 10.0 Å². The third kappa shape index (κ3) is 2.77. The van der Waals surface area contributed by atoms with Crippen molar-refractivity contribution in [2.24, 2.45) is 0 Å². The molecule has 0 aliphatic heterocycles. The molecule has 0 fully saturated rings. The number of nitrogens with one attached hydrogen (secondary N) is 1. The minimum atomic E-state index is -3.87. The van der Waals surface area contributed by atoms with E-state index in [1.54, 1.807) is 0 Å². The van der Waals surface area contributed by atoms with E-state index in [-0.39, 0.29) is 9.90 Å². The molecule has 2 rings (SSSR count). The van der Waals surface area contributed by atoms with Crippen LogP contribution < -0.4 is 10.5 Å². The Labute approximate surface area is 106 Å². The maximum absolute atomic E-state index is 12.9. The van der Waals surface area contributed by atoms with Crippen LogP contribution in [-0.4, -0.2) is 8.42 Å². The van der Waals surface area contributed by atoms with Gasteiger partial charge in [-0.3, -0.25) is 4.72 Å². The van der Waals surface area contributed by atoms with Crippen LogP contribution >= 0.6 is 11.3 Å².